The Labute approximate surface area is 144 Å². The largest absolute Gasteiger partial charge is 0.481 e. The summed E-state index contributed by atoms with van der Waals surface area (Å²) in [7, 11) is 3.72. The molecule has 1 N–H and O–H groups in total. The molecule has 7 heteroatoms. The SMILES string of the molecule is CCOC(=O)C(C)(C)CC(C)(CCC(=O)O)C(=O)OCCN(C)C. The van der Waals surface area contributed by atoms with Crippen molar-refractivity contribution in [1.82, 2.24) is 4.90 Å². The predicted octanol–water partition coefficient (Wildman–Crippen LogP) is 1.94. The van der Waals surface area contributed by atoms with E-state index < -0.39 is 28.7 Å². The lowest BCUT2D eigenvalue weighted by atomic mass is 9.71. The molecule has 0 saturated carbocycles. The van der Waals surface area contributed by atoms with Gasteiger partial charge >= 0.3 is 17.9 Å². The van der Waals surface area contributed by atoms with Gasteiger partial charge in [-0.3, -0.25) is 14.4 Å². The molecular formula is C17H31NO6. The van der Waals surface area contributed by atoms with Crippen LogP contribution in [0.2, 0.25) is 0 Å². The van der Waals surface area contributed by atoms with Crippen LogP contribution in [0.15, 0.2) is 0 Å². The van der Waals surface area contributed by atoms with Gasteiger partial charge in [0.05, 0.1) is 17.4 Å². The van der Waals surface area contributed by atoms with Crippen molar-refractivity contribution in [1.29, 1.82) is 0 Å². The van der Waals surface area contributed by atoms with Gasteiger partial charge in [0, 0.05) is 13.0 Å². The van der Waals surface area contributed by atoms with E-state index in [2.05, 4.69) is 0 Å². The number of esters is 2. The Morgan fingerprint density at radius 3 is 2.08 bits per heavy atom. The van der Waals surface area contributed by atoms with Crippen LogP contribution in [0.5, 0.6) is 0 Å². The molecule has 1 atom stereocenters. The van der Waals surface area contributed by atoms with Gasteiger partial charge in [0.2, 0.25) is 0 Å². The number of rotatable bonds is 11. The quantitative estimate of drug-likeness (QED) is 0.572. The summed E-state index contributed by atoms with van der Waals surface area (Å²) < 4.78 is 10.4. The highest BCUT2D eigenvalue weighted by Crippen LogP contribution is 2.39. The molecular weight excluding hydrogens is 314 g/mol. The fourth-order valence-corrected chi connectivity index (χ4v) is 2.51. The van der Waals surface area contributed by atoms with Crippen LogP contribution in [0.4, 0.5) is 0 Å². The molecule has 0 amide bonds. The minimum absolute atomic E-state index is 0.103. The lowest BCUT2D eigenvalue weighted by molar-refractivity contribution is -0.163. The molecule has 0 aliphatic rings. The predicted molar refractivity (Wildman–Crippen MR) is 89.5 cm³/mol. The van der Waals surface area contributed by atoms with Crippen molar-refractivity contribution < 1.29 is 29.0 Å². The Morgan fingerprint density at radius 2 is 1.62 bits per heavy atom. The molecule has 0 aliphatic carbocycles. The smallest absolute Gasteiger partial charge is 0.311 e. The molecule has 0 aromatic heterocycles. The normalized spacial score (nSPS) is 14.1. The maximum Gasteiger partial charge on any atom is 0.311 e. The second-order valence-electron chi connectivity index (χ2n) is 7.17. The van der Waals surface area contributed by atoms with Gasteiger partial charge in [-0.2, -0.15) is 0 Å². The Morgan fingerprint density at radius 1 is 1.04 bits per heavy atom. The molecule has 0 aromatic rings. The van der Waals surface area contributed by atoms with E-state index >= 15 is 0 Å². The summed E-state index contributed by atoms with van der Waals surface area (Å²) in [5.41, 5.74) is -1.98. The molecule has 0 heterocycles. The summed E-state index contributed by atoms with van der Waals surface area (Å²) in [6.45, 7) is 7.79. The third-order valence-corrected chi connectivity index (χ3v) is 3.82. The Bertz CT molecular complexity index is 446. The summed E-state index contributed by atoms with van der Waals surface area (Å²) in [4.78, 5) is 37.4. The highest BCUT2D eigenvalue weighted by molar-refractivity contribution is 5.81. The van der Waals surface area contributed by atoms with Crippen LogP contribution in [-0.2, 0) is 23.9 Å². The summed E-state index contributed by atoms with van der Waals surface area (Å²) in [5.74, 6) is -1.88. The van der Waals surface area contributed by atoms with Crippen LogP contribution in [-0.4, -0.2) is 61.8 Å². The first-order valence-corrected chi connectivity index (χ1v) is 8.15. The molecule has 0 aliphatic heterocycles. The zero-order chi connectivity index (χ0) is 19.0. The Hall–Kier alpha value is -1.63. The van der Waals surface area contributed by atoms with Gasteiger partial charge < -0.3 is 19.5 Å². The van der Waals surface area contributed by atoms with E-state index in [0.29, 0.717) is 6.54 Å². The van der Waals surface area contributed by atoms with Crippen LogP contribution in [0.3, 0.4) is 0 Å². The van der Waals surface area contributed by atoms with Crippen molar-refractivity contribution in [2.24, 2.45) is 10.8 Å². The van der Waals surface area contributed by atoms with Crippen molar-refractivity contribution in [3.63, 3.8) is 0 Å². The molecule has 0 spiro atoms. The van der Waals surface area contributed by atoms with Crippen LogP contribution in [0.25, 0.3) is 0 Å². The standard InChI is InChI=1S/C17H31NO6/c1-7-23-14(21)16(2,3)12-17(4,9-8-13(19)20)15(22)24-11-10-18(5)6/h7-12H2,1-6H3,(H,19,20). The molecule has 0 bridgehead atoms. The van der Waals surface area contributed by atoms with Crippen LogP contribution in [0.1, 0.15) is 47.0 Å². The fraction of sp³-hybridized carbons (Fsp3) is 0.824. The van der Waals surface area contributed by atoms with Crippen LogP contribution in [0, 0.1) is 10.8 Å². The van der Waals surface area contributed by atoms with Crippen molar-refractivity contribution >= 4 is 17.9 Å². The van der Waals surface area contributed by atoms with Gasteiger partial charge in [0.15, 0.2) is 0 Å². The number of likely N-dealkylation sites (N-methyl/N-ethyl adjacent to an activating group) is 1. The number of carboxylic acids is 1. The van der Waals surface area contributed by atoms with E-state index in [-0.39, 0.29) is 32.5 Å². The van der Waals surface area contributed by atoms with Gasteiger partial charge in [0.1, 0.15) is 6.61 Å². The van der Waals surface area contributed by atoms with Gasteiger partial charge in [-0.25, -0.2) is 0 Å². The van der Waals surface area contributed by atoms with E-state index in [1.165, 1.54) is 0 Å². The number of hydrogen-bond donors (Lipinski definition) is 1. The molecule has 0 saturated heterocycles. The number of hydrogen-bond acceptors (Lipinski definition) is 6. The van der Waals surface area contributed by atoms with E-state index in [1.54, 1.807) is 27.7 Å². The van der Waals surface area contributed by atoms with Gasteiger partial charge in [-0.1, -0.05) is 0 Å². The maximum absolute atomic E-state index is 12.5. The van der Waals surface area contributed by atoms with E-state index in [4.69, 9.17) is 14.6 Å². The van der Waals surface area contributed by atoms with Crippen molar-refractivity contribution in [3.8, 4) is 0 Å². The zero-order valence-corrected chi connectivity index (χ0v) is 15.7. The topological polar surface area (TPSA) is 93.1 Å². The molecule has 0 radical (unpaired) electrons. The van der Waals surface area contributed by atoms with Crippen molar-refractivity contribution in [2.75, 3.05) is 33.9 Å². The van der Waals surface area contributed by atoms with Gasteiger partial charge in [-0.15, -0.1) is 0 Å². The summed E-state index contributed by atoms with van der Waals surface area (Å²) in [5, 5.41) is 8.95. The molecule has 0 fully saturated rings. The first-order valence-electron chi connectivity index (χ1n) is 8.15. The summed E-state index contributed by atoms with van der Waals surface area (Å²) in [6.07, 6.45) is 0.0943. The minimum atomic E-state index is -1.07. The summed E-state index contributed by atoms with van der Waals surface area (Å²) >= 11 is 0. The van der Waals surface area contributed by atoms with Gasteiger partial charge in [0.25, 0.3) is 0 Å². The van der Waals surface area contributed by atoms with E-state index in [1.807, 2.05) is 19.0 Å². The third kappa shape index (κ3) is 7.77. The molecule has 0 aromatic carbocycles. The molecule has 140 valence electrons. The molecule has 1 unspecified atom stereocenters. The third-order valence-electron chi connectivity index (χ3n) is 3.82. The van der Waals surface area contributed by atoms with Gasteiger partial charge in [-0.05, 0) is 54.6 Å². The zero-order valence-electron chi connectivity index (χ0n) is 15.7. The van der Waals surface area contributed by atoms with E-state index in [9.17, 15) is 14.4 Å². The number of carbonyl (C=O) groups excluding carboxylic acids is 2. The summed E-state index contributed by atoms with van der Waals surface area (Å²) in [6, 6.07) is 0. The van der Waals surface area contributed by atoms with Crippen LogP contribution < -0.4 is 0 Å². The molecule has 0 rings (SSSR count). The van der Waals surface area contributed by atoms with Crippen molar-refractivity contribution in [2.45, 2.75) is 47.0 Å². The average molecular weight is 345 g/mol. The first-order chi connectivity index (χ1) is 10.9. The average Bonchev–Trinajstić information content (AvgIpc) is 2.44. The minimum Gasteiger partial charge on any atom is -0.481 e. The number of nitrogens with zero attached hydrogens (tertiary/aromatic N) is 1. The first kappa shape index (κ1) is 22.4. The Balaban J connectivity index is 5.14. The molecule has 7 nitrogen and oxygen atoms in total. The highest BCUT2D eigenvalue weighted by atomic mass is 16.5. The fourth-order valence-electron chi connectivity index (χ4n) is 2.51. The number of carboxylic acid groups (broad SMARTS) is 1. The second-order valence-corrected chi connectivity index (χ2v) is 7.17. The van der Waals surface area contributed by atoms with Crippen molar-refractivity contribution in [3.05, 3.63) is 0 Å². The lowest BCUT2D eigenvalue weighted by Gasteiger charge is -2.34. The number of aliphatic carboxylic acids is 1. The number of carbonyl (C=O) groups is 3. The second kappa shape index (κ2) is 9.61. The molecule has 24 heavy (non-hydrogen) atoms. The highest BCUT2D eigenvalue weighted by Gasteiger charge is 2.44. The monoisotopic (exact) mass is 345 g/mol. The Kier molecular flexibility index (Phi) is 8.96. The van der Waals surface area contributed by atoms with E-state index in [0.717, 1.165) is 0 Å². The lowest BCUT2D eigenvalue weighted by Crippen LogP contribution is -2.40. The maximum atomic E-state index is 12.5. The van der Waals surface area contributed by atoms with Crippen LogP contribution >= 0.6 is 0 Å². The number of ether oxygens (including phenoxy) is 2.